The molecule has 8 heteroatoms. The van der Waals surface area contributed by atoms with Crippen molar-refractivity contribution in [2.24, 2.45) is 0 Å². The van der Waals surface area contributed by atoms with Crippen molar-refractivity contribution in [1.82, 2.24) is 20.2 Å². The fourth-order valence-corrected chi connectivity index (χ4v) is 1.87. The summed E-state index contributed by atoms with van der Waals surface area (Å²) in [6.07, 6.45) is 0. The first-order chi connectivity index (χ1) is 9.63. The van der Waals surface area contributed by atoms with E-state index in [-0.39, 0.29) is 24.9 Å². The topological polar surface area (TPSA) is 96.0 Å². The van der Waals surface area contributed by atoms with Gasteiger partial charge in [0.25, 0.3) is 5.56 Å². The highest BCUT2D eigenvalue weighted by Crippen LogP contribution is 2.02. The predicted molar refractivity (Wildman–Crippen MR) is 83.0 cm³/mol. The summed E-state index contributed by atoms with van der Waals surface area (Å²) >= 11 is 0. The van der Waals surface area contributed by atoms with E-state index >= 15 is 0 Å². The van der Waals surface area contributed by atoms with Crippen LogP contribution in [-0.4, -0.2) is 35.6 Å². The van der Waals surface area contributed by atoms with Crippen molar-refractivity contribution in [3.63, 3.8) is 0 Å². The number of nitrogens with one attached hydrogen (secondary N) is 3. The van der Waals surface area contributed by atoms with E-state index in [4.69, 9.17) is 0 Å². The van der Waals surface area contributed by atoms with Crippen LogP contribution >= 0.6 is 12.4 Å². The minimum atomic E-state index is -0.586. The molecule has 0 atom stereocenters. The van der Waals surface area contributed by atoms with Crippen molar-refractivity contribution in [1.29, 1.82) is 0 Å². The highest BCUT2D eigenvalue weighted by molar-refractivity contribution is 5.85. The number of benzene rings is 1. The lowest BCUT2D eigenvalue weighted by Gasteiger charge is -2.07. The molecule has 1 amide bonds. The molecule has 1 aromatic carbocycles. The van der Waals surface area contributed by atoms with E-state index in [1.54, 1.807) is 31.3 Å². The van der Waals surface area contributed by atoms with Crippen LogP contribution in [0.5, 0.6) is 0 Å². The molecule has 0 aliphatic carbocycles. The molecule has 0 fully saturated rings. The number of nitrogens with zero attached hydrogens (tertiary/aromatic N) is 1. The molecule has 2 aromatic rings. The minimum absolute atomic E-state index is 0. The number of amides is 1. The van der Waals surface area contributed by atoms with Gasteiger partial charge >= 0.3 is 5.69 Å². The van der Waals surface area contributed by atoms with Crippen LogP contribution in [0, 0.1) is 0 Å². The van der Waals surface area contributed by atoms with Crippen LogP contribution < -0.4 is 21.9 Å². The second-order valence-corrected chi connectivity index (χ2v) is 4.32. The average Bonchev–Trinajstić information content (AvgIpc) is 2.44. The zero-order valence-electron chi connectivity index (χ0n) is 11.5. The van der Waals surface area contributed by atoms with Gasteiger partial charge in [0.1, 0.15) is 6.54 Å². The summed E-state index contributed by atoms with van der Waals surface area (Å²) in [5.41, 5.74) is -0.583. The molecule has 1 heterocycles. The molecule has 0 saturated carbocycles. The number of aromatic nitrogens is 2. The summed E-state index contributed by atoms with van der Waals surface area (Å²) < 4.78 is 0.900. The Balaban J connectivity index is 0.00000220. The van der Waals surface area contributed by atoms with Gasteiger partial charge in [0.15, 0.2) is 0 Å². The number of hydrogen-bond donors (Lipinski definition) is 3. The molecule has 0 saturated heterocycles. The largest absolute Gasteiger partial charge is 0.353 e. The van der Waals surface area contributed by atoms with Gasteiger partial charge in [0.05, 0.1) is 10.9 Å². The Morgan fingerprint density at radius 1 is 1.24 bits per heavy atom. The average molecular weight is 313 g/mol. The normalized spacial score (nSPS) is 10.1. The number of halogens is 1. The summed E-state index contributed by atoms with van der Waals surface area (Å²) in [7, 11) is 1.77. The number of fused-ring (bicyclic) bond motifs is 1. The van der Waals surface area contributed by atoms with Gasteiger partial charge in [-0.15, -0.1) is 12.4 Å². The summed E-state index contributed by atoms with van der Waals surface area (Å²) in [4.78, 5) is 38.3. The van der Waals surface area contributed by atoms with Gasteiger partial charge in [0.2, 0.25) is 5.91 Å². The predicted octanol–water partition coefficient (Wildman–Crippen LogP) is -0.553. The number of para-hydroxylation sites is 1. The zero-order valence-corrected chi connectivity index (χ0v) is 12.3. The number of H-pyrrole nitrogens is 1. The van der Waals surface area contributed by atoms with Crippen LogP contribution in [-0.2, 0) is 11.3 Å². The van der Waals surface area contributed by atoms with E-state index in [2.05, 4.69) is 15.6 Å². The summed E-state index contributed by atoms with van der Waals surface area (Å²) in [5.74, 6) is -0.372. The number of likely N-dealkylation sites (N-methyl/N-ethyl adjacent to an activating group) is 1. The Bertz CT molecular complexity index is 738. The fourth-order valence-electron chi connectivity index (χ4n) is 1.87. The minimum Gasteiger partial charge on any atom is -0.353 e. The van der Waals surface area contributed by atoms with Crippen LogP contribution in [0.3, 0.4) is 0 Å². The molecule has 0 bridgehead atoms. The first-order valence-corrected chi connectivity index (χ1v) is 6.26. The fraction of sp³-hybridized carbons (Fsp3) is 0.308. The molecular weight excluding hydrogens is 296 g/mol. The molecule has 114 valence electrons. The molecule has 0 radical (unpaired) electrons. The van der Waals surface area contributed by atoms with Gasteiger partial charge in [-0.3, -0.25) is 14.2 Å². The smallest absolute Gasteiger partial charge is 0.329 e. The van der Waals surface area contributed by atoms with Crippen LogP contribution in [0.2, 0.25) is 0 Å². The number of carbonyl (C=O) groups is 1. The Morgan fingerprint density at radius 3 is 2.67 bits per heavy atom. The SMILES string of the molecule is CNCCNC(=O)Cn1c(=O)[nH]c2ccccc2c1=O.Cl. The molecule has 0 unspecified atom stereocenters. The molecule has 0 aliphatic rings. The maximum atomic E-state index is 12.2. The van der Waals surface area contributed by atoms with Crippen molar-refractivity contribution in [3.8, 4) is 0 Å². The van der Waals surface area contributed by atoms with E-state index in [0.717, 1.165) is 4.57 Å². The van der Waals surface area contributed by atoms with Crippen LogP contribution in [0.1, 0.15) is 0 Å². The third kappa shape index (κ3) is 3.93. The Kier molecular flexibility index (Phi) is 6.13. The lowest BCUT2D eigenvalue weighted by Crippen LogP contribution is -2.41. The van der Waals surface area contributed by atoms with E-state index in [1.165, 1.54) is 0 Å². The van der Waals surface area contributed by atoms with Crippen molar-refractivity contribution in [2.45, 2.75) is 6.54 Å². The third-order valence-electron chi connectivity index (χ3n) is 2.89. The van der Waals surface area contributed by atoms with E-state index in [9.17, 15) is 14.4 Å². The Labute approximate surface area is 126 Å². The zero-order chi connectivity index (χ0) is 14.5. The van der Waals surface area contributed by atoms with E-state index in [1.807, 2.05) is 0 Å². The van der Waals surface area contributed by atoms with Crippen LogP contribution in [0.4, 0.5) is 0 Å². The third-order valence-corrected chi connectivity index (χ3v) is 2.89. The Hall–Kier alpha value is -2.12. The molecule has 0 spiro atoms. The van der Waals surface area contributed by atoms with Crippen molar-refractivity contribution in [2.75, 3.05) is 20.1 Å². The number of hydrogen-bond acceptors (Lipinski definition) is 4. The van der Waals surface area contributed by atoms with Crippen molar-refractivity contribution in [3.05, 3.63) is 45.1 Å². The summed E-state index contributed by atoms with van der Waals surface area (Å²) in [6.45, 7) is 0.771. The highest BCUT2D eigenvalue weighted by atomic mass is 35.5. The van der Waals surface area contributed by atoms with Crippen LogP contribution in [0.25, 0.3) is 10.9 Å². The summed E-state index contributed by atoms with van der Waals surface area (Å²) in [5, 5.41) is 5.89. The van der Waals surface area contributed by atoms with Crippen molar-refractivity contribution >= 4 is 29.2 Å². The molecule has 0 aliphatic heterocycles. The summed E-state index contributed by atoms with van der Waals surface area (Å²) in [6, 6.07) is 6.70. The standard InChI is InChI=1S/C13H16N4O3.ClH/c1-14-6-7-15-11(18)8-17-12(19)9-4-2-3-5-10(9)16-13(17)20;/h2-5,14H,6-8H2,1H3,(H,15,18)(H,16,20);1H. The molecule has 21 heavy (non-hydrogen) atoms. The van der Waals surface area contributed by atoms with E-state index in [0.29, 0.717) is 24.0 Å². The molecule has 1 aromatic heterocycles. The number of rotatable bonds is 5. The Morgan fingerprint density at radius 2 is 1.95 bits per heavy atom. The molecular formula is C13H17ClN4O3. The first-order valence-electron chi connectivity index (χ1n) is 6.26. The van der Waals surface area contributed by atoms with Gasteiger partial charge in [0, 0.05) is 13.1 Å². The molecule has 2 rings (SSSR count). The lowest BCUT2D eigenvalue weighted by molar-refractivity contribution is -0.121. The van der Waals surface area contributed by atoms with Gasteiger partial charge < -0.3 is 15.6 Å². The highest BCUT2D eigenvalue weighted by Gasteiger charge is 2.10. The maximum Gasteiger partial charge on any atom is 0.329 e. The number of carbonyl (C=O) groups excluding carboxylic acids is 1. The maximum absolute atomic E-state index is 12.2. The second kappa shape index (κ2) is 7.61. The second-order valence-electron chi connectivity index (χ2n) is 4.32. The molecule has 3 N–H and O–H groups in total. The van der Waals surface area contributed by atoms with Crippen molar-refractivity contribution < 1.29 is 4.79 Å². The first kappa shape index (κ1) is 16.9. The van der Waals surface area contributed by atoms with Gasteiger partial charge in [-0.2, -0.15) is 0 Å². The lowest BCUT2D eigenvalue weighted by atomic mass is 10.2. The molecule has 7 nitrogen and oxygen atoms in total. The number of aromatic amines is 1. The van der Waals surface area contributed by atoms with Gasteiger partial charge in [-0.25, -0.2) is 4.79 Å². The van der Waals surface area contributed by atoms with Gasteiger partial charge in [-0.05, 0) is 19.2 Å². The quantitative estimate of drug-likeness (QED) is 0.645. The monoisotopic (exact) mass is 312 g/mol. The van der Waals surface area contributed by atoms with Crippen LogP contribution in [0.15, 0.2) is 33.9 Å². The van der Waals surface area contributed by atoms with E-state index < -0.39 is 11.2 Å². The van der Waals surface area contributed by atoms with Gasteiger partial charge in [-0.1, -0.05) is 12.1 Å².